The first-order valence-electron chi connectivity index (χ1n) is 7.87. The number of rotatable bonds is 5. The molecule has 116 valence electrons. The van der Waals surface area contributed by atoms with E-state index in [0.717, 1.165) is 24.1 Å². The van der Waals surface area contributed by atoms with Gasteiger partial charge in [-0.2, -0.15) is 0 Å². The summed E-state index contributed by atoms with van der Waals surface area (Å²) in [4.78, 5) is 14.6. The number of nitrogens with one attached hydrogen (secondary N) is 1. The Morgan fingerprint density at radius 2 is 2.05 bits per heavy atom. The summed E-state index contributed by atoms with van der Waals surface area (Å²) in [5.41, 5.74) is 2.82. The number of aliphatic hydroxyl groups excluding tert-OH is 1. The lowest BCUT2D eigenvalue weighted by Crippen LogP contribution is -2.43. The van der Waals surface area contributed by atoms with Crippen LogP contribution in [0.1, 0.15) is 48.0 Å². The van der Waals surface area contributed by atoms with E-state index in [1.165, 1.54) is 19.3 Å². The van der Waals surface area contributed by atoms with Gasteiger partial charge in [-0.05, 0) is 43.5 Å². The van der Waals surface area contributed by atoms with Gasteiger partial charge in [-0.1, -0.05) is 19.3 Å². The number of aliphatic hydroxyl groups is 1. The molecule has 0 bridgehead atoms. The third-order valence-electron chi connectivity index (χ3n) is 4.36. The minimum atomic E-state index is 0.0236. The van der Waals surface area contributed by atoms with E-state index in [4.69, 9.17) is 0 Å². The van der Waals surface area contributed by atoms with E-state index >= 15 is 0 Å². The molecule has 1 amide bonds. The average Bonchev–Trinajstić information content (AvgIpc) is 2.52. The minimum absolute atomic E-state index is 0.0236. The van der Waals surface area contributed by atoms with Crippen molar-refractivity contribution < 1.29 is 9.90 Å². The van der Waals surface area contributed by atoms with Crippen molar-refractivity contribution >= 4 is 11.6 Å². The maximum atomic E-state index is 12.8. The Morgan fingerprint density at radius 1 is 1.33 bits per heavy atom. The van der Waals surface area contributed by atoms with Gasteiger partial charge in [0.05, 0.1) is 6.61 Å². The molecule has 1 aromatic rings. The summed E-state index contributed by atoms with van der Waals surface area (Å²) in [6, 6.07) is 6.03. The standard InChI is InChI=1S/C17H26N2O2/c1-13-12-14(8-9-16(13)18-2)17(21)19(10-11-20)15-6-4-3-5-7-15/h8-9,12,15,18,20H,3-7,10-11H2,1-2H3. The Kier molecular flexibility index (Phi) is 5.62. The van der Waals surface area contributed by atoms with Gasteiger partial charge in [0.25, 0.3) is 5.91 Å². The SMILES string of the molecule is CNc1ccc(C(=O)N(CCO)C2CCCCC2)cc1C. The van der Waals surface area contributed by atoms with Gasteiger partial charge in [0.15, 0.2) is 0 Å². The van der Waals surface area contributed by atoms with Gasteiger partial charge < -0.3 is 15.3 Å². The van der Waals surface area contributed by atoms with Crippen LogP contribution in [0.4, 0.5) is 5.69 Å². The zero-order valence-corrected chi connectivity index (χ0v) is 13.1. The second-order valence-electron chi connectivity index (χ2n) is 5.79. The normalized spacial score (nSPS) is 15.8. The number of carbonyl (C=O) groups is 1. The molecule has 1 aliphatic rings. The number of aryl methyl sites for hydroxylation is 1. The molecule has 1 aromatic carbocycles. The van der Waals surface area contributed by atoms with Crippen LogP contribution in [0.25, 0.3) is 0 Å². The Morgan fingerprint density at radius 3 is 2.62 bits per heavy atom. The Hall–Kier alpha value is -1.55. The van der Waals surface area contributed by atoms with Gasteiger partial charge in [0.1, 0.15) is 0 Å². The number of hydrogen-bond donors (Lipinski definition) is 2. The van der Waals surface area contributed by atoms with E-state index in [1.54, 1.807) is 0 Å². The highest BCUT2D eigenvalue weighted by Gasteiger charge is 2.26. The number of hydrogen-bond acceptors (Lipinski definition) is 3. The third-order valence-corrected chi connectivity index (χ3v) is 4.36. The molecular weight excluding hydrogens is 264 g/mol. The summed E-state index contributed by atoms with van der Waals surface area (Å²) < 4.78 is 0. The molecule has 0 unspecified atom stereocenters. The highest BCUT2D eigenvalue weighted by atomic mass is 16.3. The fraction of sp³-hybridized carbons (Fsp3) is 0.588. The van der Waals surface area contributed by atoms with E-state index in [9.17, 15) is 9.90 Å². The van der Waals surface area contributed by atoms with Gasteiger partial charge in [-0.3, -0.25) is 4.79 Å². The monoisotopic (exact) mass is 290 g/mol. The molecule has 1 saturated carbocycles. The molecular formula is C17H26N2O2. The van der Waals surface area contributed by atoms with Crippen LogP contribution in [-0.4, -0.2) is 42.2 Å². The van der Waals surface area contributed by atoms with Crippen LogP contribution in [-0.2, 0) is 0 Å². The smallest absolute Gasteiger partial charge is 0.254 e. The second-order valence-corrected chi connectivity index (χ2v) is 5.79. The van der Waals surface area contributed by atoms with Crippen molar-refractivity contribution in [3.63, 3.8) is 0 Å². The molecule has 2 rings (SSSR count). The van der Waals surface area contributed by atoms with Crippen molar-refractivity contribution in [1.82, 2.24) is 4.90 Å². The van der Waals surface area contributed by atoms with Crippen LogP contribution >= 0.6 is 0 Å². The van der Waals surface area contributed by atoms with E-state index in [1.807, 2.05) is 37.1 Å². The highest BCUT2D eigenvalue weighted by Crippen LogP contribution is 2.25. The van der Waals surface area contributed by atoms with Gasteiger partial charge in [-0.15, -0.1) is 0 Å². The molecule has 4 heteroatoms. The fourth-order valence-electron chi connectivity index (χ4n) is 3.19. The summed E-state index contributed by atoms with van der Waals surface area (Å²) in [7, 11) is 1.88. The zero-order valence-electron chi connectivity index (χ0n) is 13.1. The van der Waals surface area contributed by atoms with Crippen molar-refractivity contribution in [2.45, 2.75) is 45.1 Å². The number of amides is 1. The largest absolute Gasteiger partial charge is 0.395 e. The topological polar surface area (TPSA) is 52.6 Å². The molecule has 0 radical (unpaired) electrons. The van der Waals surface area contributed by atoms with Gasteiger partial charge in [-0.25, -0.2) is 0 Å². The maximum absolute atomic E-state index is 12.8. The van der Waals surface area contributed by atoms with E-state index in [2.05, 4.69) is 5.32 Å². The molecule has 0 aliphatic heterocycles. The first kappa shape index (κ1) is 15.8. The highest BCUT2D eigenvalue weighted by molar-refractivity contribution is 5.95. The van der Waals surface area contributed by atoms with Crippen LogP contribution in [0.5, 0.6) is 0 Å². The van der Waals surface area contributed by atoms with Crippen molar-refractivity contribution in [3.8, 4) is 0 Å². The molecule has 1 fully saturated rings. The van der Waals surface area contributed by atoms with Crippen LogP contribution < -0.4 is 5.32 Å². The summed E-state index contributed by atoms with van der Waals surface area (Å²) in [6.45, 7) is 2.45. The predicted molar refractivity (Wildman–Crippen MR) is 85.7 cm³/mol. The predicted octanol–water partition coefficient (Wildman–Crippen LogP) is 2.80. The molecule has 21 heavy (non-hydrogen) atoms. The molecule has 0 spiro atoms. The van der Waals surface area contributed by atoms with Crippen molar-refractivity contribution in [3.05, 3.63) is 29.3 Å². The molecule has 2 N–H and O–H groups in total. The van der Waals surface area contributed by atoms with Gasteiger partial charge in [0, 0.05) is 30.9 Å². The van der Waals surface area contributed by atoms with E-state index < -0.39 is 0 Å². The molecule has 1 aliphatic carbocycles. The Bertz CT molecular complexity index is 482. The summed E-state index contributed by atoms with van der Waals surface area (Å²) in [6.07, 6.45) is 5.72. The zero-order chi connectivity index (χ0) is 15.2. The first-order valence-corrected chi connectivity index (χ1v) is 7.87. The lowest BCUT2D eigenvalue weighted by Gasteiger charge is -2.34. The quantitative estimate of drug-likeness (QED) is 0.876. The van der Waals surface area contributed by atoms with Crippen molar-refractivity contribution in [2.75, 3.05) is 25.5 Å². The number of benzene rings is 1. The number of nitrogens with zero attached hydrogens (tertiary/aromatic N) is 1. The molecule has 0 saturated heterocycles. The van der Waals surface area contributed by atoms with E-state index in [-0.39, 0.29) is 18.6 Å². The summed E-state index contributed by atoms with van der Waals surface area (Å²) in [5.74, 6) is 0.0432. The van der Waals surface area contributed by atoms with Crippen molar-refractivity contribution in [2.24, 2.45) is 0 Å². The Balaban J connectivity index is 2.19. The van der Waals surface area contributed by atoms with E-state index in [0.29, 0.717) is 12.1 Å². The van der Waals surface area contributed by atoms with Crippen LogP contribution in [0.15, 0.2) is 18.2 Å². The van der Waals surface area contributed by atoms with Crippen LogP contribution in [0.2, 0.25) is 0 Å². The number of carbonyl (C=O) groups excluding carboxylic acids is 1. The molecule has 4 nitrogen and oxygen atoms in total. The second kappa shape index (κ2) is 7.46. The first-order chi connectivity index (χ1) is 10.2. The molecule has 0 atom stereocenters. The Labute approximate surface area is 127 Å². The average molecular weight is 290 g/mol. The summed E-state index contributed by atoms with van der Waals surface area (Å²) >= 11 is 0. The minimum Gasteiger partial charge on any atom is -0.395 e. The molecule has 0 aromatic heterocycles. The van der Waals surface area contributed by atoms with Crippen LogP contribution in [0.3, 0.4) is 0 Å². The lowest BCUT2D eigenvalue weighted by molar-refractivity contribution is 0.0585. The maximum Gasteiger partial charge on any atom is 0.254 e. The fourth-order valence-corrected chi connectivity index (χ4v) is 3.19. The summed E-state index contributed by atoms with van der Waals surface area (Å²) in [5, 5.41) is 12.4. The molecule has 0 heterocycles. The van der Waals surface area contributed by atoms with Crippen LogP contribution in [0, 0.1) is 6.92 Å². The van der Waals surface area contributed by atoms with Crippen molar-refractivity contribution in [1.29, 1.82) is 0 Å². The number of anilines is 1. The van der Waals surface area contributed by atoms with Gasteiger partial charge in [0.2, 0.25) is 0 Å². The van der Waals surface area contributed by atoms with Gasteiger partial charge >= 0.3 is 0 Å². The third kappa shape index (κ3) is 3.76. The lowest BCUT2D eigenvalue weighted by atomic mass is 9.93.